The molecule has 0 heterocycles. The van der Waals surface area contributed by atoms with Crippen LogP contribution in [-0.4, -0.2) is 25.8 Å². The fourth-order valence-corrected chi connectivity index (χ4v) is 0.788. The van der Waals surface area contributed by atoms with E-state index >= 15 is 0 Å². The standard InChI is InChI=1S/C12H24O3/c1-11(2,3)9-14-7-8-15-10(13)12(4,5)6/h7-9H2,1-6H3. The van der Waals surface area contributed by atoms with Crippen LogP contribution in [0.25, 0.3) is 0 Å². The van der Waals surface area contributed by atoms with Gasteiger partial charge in [0.2, 0.25) is 0 Å². The number of carbonyl (C=O) groups excluding carboxylic acids is 1. The first-order chi connectivity index (χ1) is 6.63. The second-order valence-corrected chi connectivity index (χ2v) is 6.00. The molecule has 3 heteroatoms. The minimum Gasteiger partial charge on any atom is -0.463 e. The van der Waals surface area contributed by atoms with E-state index in [4.69, 9.17) is 9.47 Å². The molecule has 0 aliphatic heterocycles. The lowest BCUT2D eigenvalue weighted by Crippen LogP contribution is -2.25. The van der Waals surface area contributed by atoms with Gasteiger partial charge < -0.3 is 9.47 Å². The highest BCUT2D eigenvalue weighted by Crippen LogP contribution is 2.15. The average Bonchev–Trinajstić information content (AvgIpc) is 1.99. The molecule has 0 spiro atoms. The van der Waals surface area contributed by atoms with Crippen molar-refractivity contribution in [1.29, 1.82) is 0 Å². The summed E-state index contributed by atoms with van der Waals surface area (Å²) in [5, 5.41) is 0. The number of rotatable bonds is 4. The third kappa shape index (κ3) is 8.43. The predicted molar refractivity (Wildman–Crippen MR) is 60.7 cm³/mol. The molecule has 0 rings (SSSR count). The van der Waals surface area contributed by atoms with Crippen molar-refractivity contribution < 1.29 is 14.3 Å². The van der Waals surface area contributed by atoms with Gasteiger partial charge in [0.1, 0.15) is 6.61 Å². The number of esters is 1. The van der Waals surface area contributed by atoms with Crippen molar-refractivity contribution in [2.45, 2.75) is 41.5 Å². The normalized spacial score (nSPS) is 12.7. The molecule has 0 fully saturated rings. The summed E-state index contributed by atoms with van der Waals surface area (Å²) in [5.41, 5.74) is -0.266. The van der Waals surface area contributed by atoms with E-state index in [1.165, 1.54) is 0 Å². The molecule has 0 atom stereocenters. The summed E-state index contributed by atoms with van der Waals surface area (Å²) in [6.45, 7) is 13.3. The van der Waals surface area contributed by atoms with Gasteiger partial charge in [-0.3, -0.25) is 4.79 Å². The summed E-state index contributed by atoms with van der Waals surface area (Å²) in [6, 6.07) is 0. The van der Waals surface area contributed by atoms with Crippen LogP contribution in [0.5, 0.6) is 0 Å². The number of hydrogen-bond donors (Lipinski definition) is 0. The molecule has 0 N–H and O–H groups in total. The second kappa shape index (κ2) is 5.50. The zero-order chi connectivity index (χ0) is 12.1. The summed E-state index contributed by atoms with van der Waals surface area (Å²) < 4.78 is 10.4. The van der Waals surface area contributed by atoms with Crippen LogP contribution in [0.2, 0.25) is 0 Å². The quantitative estimate of drug-likeness (QED) is 0.535. The molecule has 0 amide bonds. The molecule has 3 nitrogen and oxygen atoms in total. The van der Waals surface area contributed by atoms with Gasteiger partial charge in [0, 0.05) is 0 Å². The number of ether oxygens (including phenoxy) is 2. The van der Waals surface area contributed by atoms with E-state index in [9.17, 15) is 4.79 Å². The van der Waals surface area contributed by atoms with E-state index in [1.54, 1.807) is 0 Å². The van der Waals surface area contributed by atoms with Gasteiger partial charge in [-0.1, -0.05) is 20.8 Å². The molecule has 0 saturated carbocycles. The minimum absolute atomic E-state index is 0.161. The topological polar surface area (TPSA) is 35.5 Å². The van der Waals surface area contributed by atoms with Crippen molar-refractivity contribution in [3.63, 3.8) is 0 Å². The monoisotopic (exact) mass is 216 g/mol. The van der Waals surface area contributed by atoms with Gasteiger partial charge in [-0.15, -0.1) is 0 Å². The van der Waals surface area contributed by atoms with Crippen LogP contribution in [0.4, 0.5) is 0 Å². The van der Waals surface area contributed by atoms with Gasteiger partial charge in [-0.2, -0.15) is 0 Å². The Morgan fingerprint density at radius 2 is 1.53 bits per heavy atom. The van der Waals surface area contributed by atoms with Gasteiger partial charge in [-0.05, 0) is 26.2 Å². The summed E-state index contributed by atoms with van der Waals surface area (Å²) in [4.78, 5) is 11.3. The number of hydrogen-bond acceptors (Lipinski definition) is 3. The highest BCUT2D eigenvalue weighted by atomic mass is 16.6. The van der Waals surface area contributed by atoms with E-state index in [0.29, 0.717) is 19.8 Å². The second-order valence-electron chi connectivity index (χ2n) is 6.00. The van der Waals surface area contributed by atoms with E-state index in [2.05, 4.69) is 20.8 Å². The molecule has 90 valence electrons. The third-order valence-corrected chi connectivity index (χ3v) is 1.61. The SMILES string of the molecule is CC(C)(C)COCCOC(=O)C(C)(C)C. The lowest BCUT2D eigenvalue weighted by molar-refractivity contribution is -0.154. The van der Waals surface area contributed by atoms with Gasteiger partial charge in [-0.25, -0.2) is 0 Å². The van der Waals surface area contributed by atoms with E-state index in [1.807, 2.05) is 20.8 Å². The van der Waals surface area contributed by atoms with Crippen molar-refractivity contribution in [1.82, 2.24) is 0 Å². The third-order valence-electron chi connectivity index (χ3n) is 1.61. The minimum atomic E-state index is -0.427. The van der Waals surface area contributed by atoms with Crippen LogP contribution in [0.15, 0.2) is 0 Å². The maximum Gasteiger partial charge on any atom is 0.311 e. The van der Waals surface area contributed by atoms with Crippen LogP contribution >= 0.6 is 0 Å². The summed E-state index contributed by atoms with van der Waals surface area (Å²) in [5.74, 6) is -0.179. The molecule has 15 heavy (non-hydrogen) atoms. The molecular weight excluding hydrogens is 192 g/mol. The van der Waals surface area contributed by atoms with Gasteiger partial charge in [0.15, 0.2) is 0 Å². The van der Waals surface area contributed by atoms with Crippen molar-refractivity contribution in [3.8, 4) is 0 Å². The molecule has 0 aromatic carbocycles. The van der Waals surface area contributed by atoms with E-state index < -0.39 is 5.41 Å². The van der Waals surface area contributed by atoms with Crippen molar-refractivity contribution >= 4 is 5.97 Å². The lowest BCUT2D eigenvalue weighted by Gasteiger charge is -2.19. The zero-order valence-corrected chi connectivity index (χ0v) is 10.8. The maximum absolute atomic E-state index is 11.3. The van der Waals surface area contributed by atoms with Crippen molar-refractivity contribution in [2.75, 3.05) is 19.8 Å². The van der Waals surface area contributed by atoms with Crippen LogP contribution in [0.3, 0.4) is 0 Å². The number of carbonyl (C=O) groups is 1. The largest absolute Gasteiger partial charge is 0.463 e. The Morgan fingerprint density at radius 3 is 1.93 bits per heavy atom. The van der Waals surface area contributed by atoms with Crippen molar-refractivity contribution in [2.24, 2.45) is 10.8 Å². The molecule has 0 unspecified atom stereocenters. The Balaban J connectivity index is 3.53. The van der Waals surface area contributed by atoms with Crippen LogP contribution in [0, 0.1) is 10.8 Å². The molecule has 0 bridgehead atoms. The molecule has 0 aliphatic rings. The van der Waals surface area contributed by atoms with Gasteiger partial charge >= 0.3 is 5.97 Å². The highest BCUT2D eigenvalue weighted by Gasteiger charge is 2.22. The van der Waals surface area contributed by atoms with Crippen LogP contribution in [-0.2, 0) is 14.3 Å². The van der Waals surface area contributed by atoms with Crippen LogP contribution in [0.1, 0.15) is 41.5 Å². The maximum atomic E-state index is 11.3. The molecule has 0 aromatic rings. The predicted octanol–water partition coefficient (Wildman–Crippen LogP) is 2.64. The fraction of sp³-hybridized carbons (Fsp3) is 0.917. The molecule has 0 radical (unpaired) electrons. The Labute approximate surface area is 93.1 Å². The Bertz CT molecular complexity index is 196. The Kier molecular flexibility index (Phi) is 5.29. The van der Waals surface area contributed by atoms with Gasteiger partial charge in [0.05, 0.1) is 18.6 Å². The smallest absolute Gasteiger partial charge is 0.311 e. The summed E-state index contributed by atoms with van der Waals surface area (Å²) >= 11 is 0. The van der Waals surface area contributed by atoms with E-state index in [-0.39, 0.29) is 11.4 Å². The molecule has 0 aromatic heterocycles. The lowest BCUT2D eigenvalue weighted by atomic mass is 9.97. The first-order valence-corrected chi connectivity index (χ1v) is 5.38. The molecular formula is C12H24O3. The van der Waals surface area contributed by atoms with Crippen LogP contribution < -0.4 is 0 Å². The fourth-order valence-electron chi connectivity index (χ4n) is 0.788. The molecule has 0 saturated heterocycles. The average molecular weight is 216 g/mol. The highest BCUT2D eigenvalue weighted by molar-refractivity contribution is 5.75. The first-order valence-electron chi connectivity index (χ1n) is 5.38. The summed E-state index contributed by atoms with van der Waals surface area (Å²) in [7, 11) is 0. The summed E-state index contributed by atoms with van der Waals surface area (Å²) in [6.07, 6.45) is 0. The Morgan fingerprint density at radius 1 is 1.00 bits per heavy atom. The zero-order valence-electron chi connectivity index (χ0n) is 10.8. The van der Waals surface area contributed by atoms with Crippen molar-refractivity contribution in [3.05, 3.63) is 0 Å². The molecule has 0 aliphatic carbocycles. The Hall–Kier alpha value is -0.570. The van der Waals surface area contributed by atoms with E-state index in [0.717, 1.165) is 0 Å². The van der Waals surface area contributed by atoms with Gasteiger partial charge in [0.25, 0.3) is 0 Å². The first kappa shape index (κ1) is 14.4.